The fourth-order valence-corrected chi connectivity index (χ4v) is 1.35. The summed E-state index contributed by atoms with van der Waals surface area (Å²) in [6.45, 7) is 4.06. The van der Waals surface area contributed by atoms with Crippen molar-refractivity contribution in [2.24, 2.45) is 5.92 Å². The van der Waals surface area contributed by atoms with Crippen LogP contribution in [-0.2, 0) is 14.3 Å². The Kier molecular flexibility index (Phi) is 8.61. The first-order valence-corrected chi connectivity index (χ1v) is 5.40. The predicted octanol–water partition coefficient (Wildman–Crippen LogP) is -0.570. The zero-order valence-electron chi connectivity index (χ0n) is 9.91. The highest BCUT2D eigenvalue weighted by atomic mass is 16.7. The molecular formula is C11H20O6. The molecule has 0 bridgehead atoms. The van der Waals surface area contributed by atoms with Crippen molar-refractivity contribution in [1.82, 2.24) is 0 Å². The lowest BCUT2D eigenvalue weighted by Crippen LogP contribution is -2.35. The zero-order valence-corrected chi connectivity index (χ0v) is 9.91. The molecule has 6 heteroatoms. The SMILES string of the molecule is C=CC(=O)OC(C)OC(CO)C(CO)CCO. The fourth-order valence-electron chi connectivity index (χ4n) is 1.35. The summed E-state index contributed by atoms with van der Waals surface area (Å²) in [5.74, 6) is -1.04. The molecule has 0 fully saturated rings. The Morgan fingerprint density at radius 3 is 2.41 bits per heavy atom. The van der Waals surface area contributed by atoms with Gasteiger partial charge in [0.15, 0.2) is 0 Å². The van der Waals surface area contributed by atoms with Crippen LogP contribution in [0.3, 0.4) is 0 Å². The van der Waals surface area contributed by atoms with Crippen molar-refractivity contribution in [2.45, 2.75) is 25.7 Å². The molecule has 0 aromatic carbocycles. The number of esters is 1. The molecule has 0 aromatic rings. The van der Waals surface area contributed by atoms with Crippen LogP contribution in [0.5, 0.6) is 0 Å². The van der Waals surface area contributed by atoms with Crippen molar-refractivity contribution in [2.75, 3.05) is 19.8 Å². The summed E-state index contributed by atoms with van der Waals surface area (Å²) >= 11 is 0. The summed E-state index contributed by atoms with van der Waals surface area (Å²) in [5, 5.41) is 27.0. The molecule has 100 valence electrons. The van der Waals surface area contributed by atoms with Crippen molar-refractivity contribution >= 4 is 5.97 Å². The third-order valence-corrected chi connectivity index (χ3v) is 2.26. The van der Waals surface area contributed by atoms with Crippen molar-refractivity contribution in [3.63, 3.8) is 0 Å². The Morgan fingerprint density at radius 2 is 2.00 bits per heavy atom. The second kappa shape index (κ2) is 9.12. The minimum atomic E-state index is -0.856. The van der Waals surface area contributed by atoms with Crippen LogP contribution >= 0.6 is 0 Å². The average Bonchev–Trinajstić information content (AvgIpc) is 2.33. The molecule has 3 atom stereocenters. The lowest BCUT2D eigenvalue weighted by molar-refractivity contribution is -0.192. The summed E-state index contributed by atoms with van der Waals surface area (Å²) in [5.41, 5.74) is 0. The number of carbonyl (C=O) groups excluding carboxylic acids is 1. The Hall–Kier alpha value is -0.950. The Bertz CT molecular complexity index is 230. The highest BCUT2D eigenvalue weighted by Gasteiger charge is 2.23. The standard InChI is InChI=1S/C11H20O6/c1-3-11(15)17-8(2)16-10(7-14)9(6-13)4-5-12/h3,8-10,12-14H,1,4-7H2,2H3. The number of hydrogen-bond donors (Lipinski definition) is 3. The number of hydrogen-bond acceptors (Lipinski definition) is 6. The van der Waals surface area contributed by atoms with Gasteiger partial charge in [0.05, 0.1) is 12.7 Å². The van der Waals surface area contributed by atoms with E-state index in [2.05, 4.69) is 6.58 Å². The van der Waals surface area contributed by atoms with Crippen molar-refractivity contribution in [3.05, 3.63) is 12.7 Å². The summed E-state index contributed by atoms with van der Waals surface area (Å²) in [6, 6.07) is 0. The topological polar surface area (TPSA) is 96.2 Å². The Labute approximate surface area is 100 Å². The van der Waals surface area contributed by atoms with E-state index in [1.54, 1.807) is 0 Å². The number of rotatable bonds is 9. The van der Waals surface area contributed by atoms with E-state index in [9.17, 15) is 4.79 Å². The van der Waals surface area contributed by atoms with Gasteiger partial charge in [0.1, 0.15) is 0 Å². The highest BCUT2D eigenvalue weighted by Crippen LogP contribution is 2.14. The number of aliphatic hydroxyl groups is 3. The van der Waals surface area contributed by atoms with Gasteiger partial charge in [0.25, 0.3) is 0 Å². The van der Waals surface area contributed by atoms with Crippen molar-refractivity contribution < 1.29 is 29.6 Å². The van der Waals surface area contributed by atoms with Gasteiger partial charge in [-0.3, -0.25) is 0 Å². The van der Waals surface area contributed by atoms with Crippen LogP contribution < -0.4 is 0 Å². The maximum atomic E-state index is 10.9. The van der Waals surface area contributed by atoms with E-state index in [1.165, 1.54) is 6.92 Å². The van der Waals surface area contributed by atoms with Crippen LogP contribution in [0.25, 0.3) is 0 Å². The molecule has 0 radical (unpaired) electrons. The van der Waals surface area contributed by atoms with E-state index in [4.69, 9.17) is 24.8 Å². The molecule has 0 saturated heterocycles. The Balaban J connectivity index is 4.26. The largest absolute Gasteiger partial charge is 0.433 e. The minimum absolute atomic E-state index is 0.119. The molecule has 0 heterocycles. The van der Waals surface area contributed by atoms with E-state index in [0.717, 1.165) is 6.08 Å². The second-order valence-corrected chi connectivity index (χ2v) is 3.52. The van der Waals surface area contributed by atoms with Gasteiger partial charge in [-0.15, -0.1) is 0 Å². The van der Waals surface area contributed by atoms with E-state index < -0.39 is 24.3 Å². The molecule has 0 rings (SSSR count). The quantitative estimate of drug-likeness (QED) is 0.287. The molecule has 6 nitrogen and oxygen atoms in total. The number of aliphatic hydroxyl groups excluding tert-OH is 3. The lowest BCUT2D eigenvalue weighted by atomic mass is 10.0. The molecule has 0 aliphatic rings. The first-order chi connectivity index (χ1) is 8.08. The average molecular weight is 248 g/mol. The highest BCUT2D eigenvalue weighted by molar-refractivity contribution is 5.81. The van der Waals surface area contributed by atoms with Gasteiger partial charge >= 0.3 is 5.97 Å². The summed E-state index contributed by atoms with van der Waals surface area (Å²) in [7, 11) is 0. The van der Waals surface area contributed by atoms with Crippen molar-refractivity contribution in [3.8, 4) is 0 Å². The predicted molar refractivity (Wildman–Crippen MR) is 60.0 cm³/mol. The summed E-state index contributed by atoms with van der Waals surface area (Å²) in [4.78, 5) is 10.9. The molecule has 3 unspecified atom stereocenters. The van der Waals surface area contributed by atoms with Crippen LogP contribution in [0.2, 0.25) is 0 Å². The molecular weight excluding hydrogens is 228 g/mol. The van der Waals surface area contributed by atoms with Gasteiger partial charge in [-0.05, 0) is 13.3 Å². The van der Waals surface area contributed by atoms with Crippen LogP contribution in [0.1, 0.15) is 13.3 Å². The fraction of sp³-hybridized carbons (Fsp3) is 0.727. The molecule has 3 N–H and O–H groups in total. The van der Waals surface area contributed by atoms with E-state index in [-0.39, 0.29) is 19.8 Å². The maximum Gasteiger partial charge on any atom is 0.332 e. The van der Waals surface area contributed by atoms with Crippen LogP contribution in [0.4, 0.5) is 0 Å². The molecule has 0 spiro atoms. The monoisotopic (exact) mass is 248 g/mol. The first kappa shape index (κ1) is 16.1. The van der Waals surface area contributed by atoms with E-state index >= 15 is 0 Å². The van der Waals surface area contributed by atoms with E-state index in [1.807, 2.05) is 0 Å². The van der Waals surface area contributed by atoms with Gasteiger partial charge < -0.3 is 24.8 Å². The van der Waals surface area contributed by atoms with Crippen molar-refractivity contribution in [1.29, 1.82) is 0 Å². The molecule has 0 amide bonds. The summed E-state index contributed by atoms with van der Waals surface area (Å²) in [6.07, 6.45) is -0.250. The molecule has 0 aliphatic heterocycles. The van der Waals surface area contributed by atoms with Gasteiger partial charge in [0, 0.05) is 25.2 Å². The first-order valence-electron chi connectivity index (χ1n) is 5.40. The number of ether oxygens (including phenoxy) is 2. The maximum absolute atomic E-state index is 10.9. The molecule has 0 aromatic heterocycles. The minimum Gasteiger partial charge on any atom is -0.433 e. The third kappa shape index (κ3) is 6.38. The van der Waals surface area contributed by atoms with Gasteiger partial charge in [0.2, 0.25) is 6.29 Å². The zero-order chi connectivity index (χ0) is 13.3. The van der Waals surface area contributed by atoms with Crippen LogP contribution in [0.15, 0.2) is 12.7 Å². The normalized spacial score (nSPS) is 16.0. The Morgan fingerprint density at radius 1 is 1.35 bits per heavy atom. The number of carbonyl (C=O) groups is 1. The van der Waals surface area contributed by atoms with Gasteiger partial charge in [-0.2, -0.15) is 0 Å². The van der Waals surface area contributed by atoms with Crippen LogP contribution in [0, 0.1) is 5.92 Å². The van der Waals surface area contributed by atoms with Gasteiger partial charge in [-0.25, -0.2) is 4.79 Å². The molecule has 0 aliphatic carbocycles. The smallest absolute Gasteiger partial charge is 0.332 e. The molecule has 0 saturated carbocycles. The van der Waals surface area contributed by atoms with Crippen LogP contribution in [-0.4, -0.2) is 53.5 Å². The van der Waals surface area contributed by atoms with E-state index in [0.29, 0.717) is 6.42 Å². The van der Waals surface area contributed by atoms with Gasteiger partial charge in [-0.1, -0.05) is 6.58 Å². The molecule has 17 heavy (non-hydrogen) atoms. The second-order valence-electron chi connectivity index (χ2n) is 3.52. The lowest BCUT2D eigenvalue weighted by Gasteiger charge is -2.26. The summed E-state index contributed by atoms with van der Waals surface area (Å²) < 4.78 is 10.0. The third-order valence-electron chi connectivity index (χ3n) is 2.26.